The van der Waals surface area contributed by atoms with Crippen LogP contribution in [0.2, 0.25) is 0 Å². The summed E-state index contributed by atoms with van der Waals surface area (Å²) in [7, 11) is 0. The first-order chi connectivity index (χ1) is 16.2. The number of carbonyl (C=O) groups excluding carboxylic acids is 3. The molecule has 0 aromatic heterocycles. The standard InChI is InChI=1S/C23H32O3.C6H10O2/c1-5-8-18(20(6-2)21(25)11-16(4)24)12-17-13-19-10-7-9-15(3)23(19)22(26)14-17;7-6(8)5-3-1-2-4-5/h7,9-10,17-18,20H,5-6,8,11-14H2,1-4H3;5H,1-4H2,(H,7,8). The van der Waals surface area contributed by atoms with Crippen molar-refractivity contribution in [1.29, 1.82) is 0 Å². The van der Waals surface area contributed by atoms with Gasteiger partial charge < -0.3 is 5.11 Å². The molecule has 0 bridgehead atoms. The molecule has 0 saturated heterocycles. The topological polar surface area (TPSA) is 88.5 Å². The summed E-state index contributed by atoms with van der Waals surface area (Å²) in [6.45, 7) is 7.67. The number of ketones is 3. The second kappa shape index (κ2) is 13.6. The highest BCUT2D eigenvalue weighted by Crippen LogP contribution is 2.36. The molecule has 1 saturated carbocycles. The molecular formula is C29H42O5. The van der Waals surface area contributed by atoms with Gasteiger partial charge >= 0.3 is 5.97 Å². The van der Waals surface area contributed by atoms with Crippen LogP contribution in [0.25, 0.3) is 0 Å². The molecule has 34 heavy (non-hydrogen) atoms. The van der Waals surface area contributed by atoms with Crippen molar-refractivity contribution in [2.45, 2.75) is 98.3 Å². The third-order valence-corrected chi connectivity index (χ3v) is 7.47. The fraction of sp³-hybridized carbons (Fsp3) is 0.655. The lowest BCUT2D eigenvalue weighted by molar-refractivity contribution is -0.141. The van der Waals surface area contributed by atoms with E-state index in [1.54, 1.807) is 0 Å². The van der Waals surface area contributed by atoms with Gasteiger partial charge in [0.1, 0.15) is 11.6 Å². The van der Waals surface area contributed by atoms with Gasteiger partial charge in [0.15, 0.2) is 5.78 Å². The number of hydrogen-bond donors (Lipinski definition) is 1. The van der Waals surface area contributed by atoms with Crippen molar-refractivity contribution in [1.82, 2.24) is 0 Å². The zero-order valence-electron chi connectivity index (χ0n) is 21.4. The SMILES string of the molecule is CCCC(CC1CC(=O)c2c(C)cccc2C1)C(CC)C(=O)CC(C)=O.O=C(O)C1CCCC1. The van der Waals surface area contributed by atoms with Gasteiger partial charge in [0.2, 0.25) is 0 Å². The number of carboxylic acid groups (broad SMARTS) is 1. The number of rotatable bonds is 10. The summed E-state index contributed by atoms with van der Waals surface area (Å²) in [5.74, 6) is 0.143. The zero-order valence-corrected chi connectivity index (χ0v) is 21.4. The molecule has 0 radical (unpaired) electrons. The maximum Gasteiger partial charge on any atom is 0.306 e. The largest absolute Gasteiger partial charge is 0.481 e. The van der Waals surface area contributed by atoms with Gasteiger partial charge in [-0.3, -0.25) is 19.2 Å². The lowest BCUT2D eigenvalue weighted by Crippen LogP contribution is -2.29. The van der Waals surface area contributed by atoms with E-state index in [-0.39, 0.29) is 41.5 Å². The molecule has 1 N–H and O–H groups in total. The molecule has 2 aliphatic carbocycles. The Morgan fingerprint density at radius 2 is 1.76 bits per heavy atom. The van der Waals surface area contributed by atoms with Crippen LogP contribution in [0, 0.1) is 30.6 Å². The van der Waals surface area contributed by atoms with Gasteiger partial charge in [-0.15, -0.1) is 0 Å². The van der Waals surface area contributed by atoms with Crippen molar-refractivity contribution in [2.24, 2.45) is 23.7 Å². The van der Waals surface area contributed by atoms with Crippen molar-refractivity contribution in [3.8, 4) is 0 Å². The van der Waals surface area contributed by atoms with Crippen LogP contribution in [0.3, 0.4) is 0 Å². The van der Waals surface area contributed by atoms with E-state index in [4.69, 9.17) is 5.11 Å². The minimum absolute atomic E-state index is 0.0185. The molecule has 188 valence electrons. The first kappa shape index (κ1) is 27.9. The molecule has 0 amide bonds. The smallest absolute Gasteiger partial charge is 0.306 e. The normalized spacial score (nSPS) is 19.5. The monoisotopic (exact) mass is 470 g/mol. The average Bonchev–Trinajstić information content (AvgIpc) is 3.29. The molecular weight excluding hydrogens is 428 g/mol. The summed E-state index contributed by atoms with van der Waals surface area (Å²) in [4.78, 5) is 46.8. The van der Waals surface area contributed by atoms with Gasteiger partial charge in [0.05, 0.1) is 12.3 Å². The molecule has 1 aromatic carbocycles. The summed E-state index contributed by atoms with van der Waals surface area (Å²) < 4.78 is 0. The molecule has 3 unspecified atom stereocenters. The van der Waals surface area contributed by atoms with Crippen molar-refractivity contribution in [2.75, 3.05) is 0 Å². The van der Waals surface area contributed by atoms with Crippen LogP contribution in [0.5, 0.6) is 0 Å². The number of carbonyl (C=O) groups is 4. The van der Waals surface area contributed by atoms with Gasteiger partial charge in [-0.25, -0.2) is 0 Å². The molecule has 0 heterocycles. The minimum atomic E-state index is -0.609. The predicted molar refractivity (Wildman–Crippen MR) is 134 cm³/mol. The molecule has 3 atom stereocenters. The van der Waals surface area contributed by atoms with E-state index in [9.17, 15) is 19.2 Å². The second-order valence-corrected chi connectivity index (χ2v) is 10.3. The van der Waals surface area contributed by atoms with Crippen molar-refractivity contribution < 1.29 is 24.3 Å². The highest BCUT2D eigenvalue weighted by molar-refractivity contribution is 6.00. The molecule has 1 aromatic rings. The summed E-state index contributed by atoms with van der Waals surface area (Å²) in [6.07, 6.45) is 9.22. The lowest BCUT2D eigenvalue weighted by Gasteiger charge is -2.31. The Morgan fingerprint density at radius 1 is 1.09 bits per heavy atom. The van der Waals surface area contributed by atoms with Crippen LogP contribution < -0.4 is 0 Å². The van der Waals surface area contributed by atoms with Crippen molar-refractivity contribution in [3.63, 3.8) is 0 Å². The quantitative estimate of drug-likeness (QED) is 0.401. The summed E-state index contributed by atoms with van der Waals surface area (Å²) >= 11 is 0. The second-order valence-electron chi connectivity index (χ2n) is 10.3. The summed E-state index contributed by atoms with van der Waals surface area (Å²) in [6, 6.07) is 6.10. The van der Waals surface area contributed by atoms with Crippen molar-refractivity contribution in [3.05, 3.63) is 34.9 Å². The van der Waals surface area contributed by atoms with E-state index in [0.29, 0.717) is 12.3 Å². The van der Waals surface area contributed by atoms with Crippen molar-refractivity contribution >= 4 is 23.3 Å². The van der Waals surface area contributed by atoms with E-state index >= 15 is 0 Å². The van der Waals surface area contributed by atoms with Gasteiger partial charge in [-0.2, -0.15) is 0 Å². The Bertz CT molecular complexity index is 865. The molecule has 0 aliphatic heterocycles. The third-order valence-electron chi connectivity index (χ3n) is 7.47. The fourth-order valence-electron chi connectivity index (χ4n) is 5.87. The predicted octanol–water partition coefficient (Wildman–Crippen LogP) is 6.38. The van der Waals surface area contributed by atoms with Crippen LogP contribution in [0.4, 0.5) is 0 Å². The highest BCUT2D eigenvalue weighted by Gasteiger charge is 2.32. The van der Waals surface area contributed by atoms with Crippen LogP contribution in [-0.2, 0) is 20.8 Å². The van der Waals surface area contributed by atoms with Crippen LogP contribution in [-0.4, -0.2) is 28.4 Å². The van der Waals surface area contributed by atoms with Gasteiger partial charge in [0, 0.05) is 17.9 Å². The summed E-state index contributed by atoms with van der Waals surface area (Å²) in [5.41, 5.74) is 3.14. The van der Waals surface area contributed by atoms with Crippen LogP contribution in [0.15, 0.2) is 18.2 Å². The minimum Gasteiger partial charge on any atom is -0.481 e. The molecule has 0 spiro atoms. The number of benzene rings is 1. The maximum absolute atomic E-state index is 12.7. The molecule has 3 rings (SSSR count). The Balaban J connectivity index is 0.000000430. The zero-order chi connectivity index (χ0) is 25.3. The molecule has 1 fully saturated rings. The van der Waals surface area contributed by atoms with E-state index in [1.807, 2.05) is 26.0 Å². The number of Topliss-reactive ketones (excluding diaryl/α,β-unsaturated/α-hetero) is 3. The maximum atomic E-state index is 12.7. The van der Waals surface area contributed by atoms with Gasteiger partial charge in [0.25, 0.3) is 0 Å². The Labute approximate surface area is 204 Å². The summed E-state index contributed by atoms with van der Waals surface area (Å²) in [5, 5.41) is 8.41. The van der Waals surface area contributed by atoms with E-state index in [2.05, 4.69) is 13.0 Å². The number of carboxylic acids is 1. The average molecular weight is 471 g/mol. The number of fused-ring (bicyclic) bond motifs is 1. The van der Waals surface area contributed by atoms with Gasteiger partial charge in [-0.1, -0.05) is 57.7 Å². The first-order valence-electron chi connectivity index (χ1n) is 13.0. The molecule has 2 aliphatic rings. The first-order valence-corrected chi connectivity index (χ1v) is 13.0. The fourth-order valence-corrected chi connectivity index (χ4v) is 5.87. The van der Waals surface area contributed by atoms with Gasteiger partial charge in [-0.05, 0) is 68.9 Å². The van der Waals surface area contributed by atoms with Crippen LogP contribution >= 0.6 is 0 Å². The highest BCUT2D eigenvalue weighted by atomic mass is 16.4. The molecule has 5 nitrogen and oxygen atoms in total. The molecule has 5 heteroatoms. The number of hydrogen-bond acceptors (Lipinski definition) is 4. The number of aryl methyl sites for hydroxylation is 1. The Hall–Kier alpha value is -2.30. The third kappa shape index (κ3) is 7.89. The number of aliphatic carboxylic acids is 1. The van der Waals surface area contributed by atoms with E-state index in [1.165, 1.54) is 6.92 Å². The van der Waals surface area contributed by atoms with E-state index < -0.39 is 5.97 Å². The lowest BCUT2D eigenvalue weighted by atomic mass is 9.72. The Morgan fingerprint density at radius 3 is 2.29 bits per heavy atom. The van der Waals surface area contributed by atoms with E-state index in [0.717, 1.165) is 74.5 Å². The Kier molecular flexibility index (Phi) is 11.1. The van der Waals surface area contributed by atoms with Crippen LogP contribution in [0.1, 0.15) is 106 Å².